The van der Waals surface area contributed by atoms with Crippen molar-refractivity contribution in [2.45, 2.75) is 50.9 Å². The van der Waals surface area contributed by atoms with Gasteiger partial charge in [-0.1, -0.05) is 30.7 Å². The zero-order chi connectivity index (χ0) is 19.0. The number of urea groups is 1. The Labute approximate surface area is 157 Å². The monoisotopic (exact) mass is 381 g/mol. The highest BCUT2D eigenvalue weighted by Gasteiger charge is 2.17. The summed E-state index contributed by atoms with van der Waals surface area (Å²) in [6.07, 6.45) is 6.06. The lowest BCUT2D eigenvalue weighted by Crippen LogP contribution is -2.40. The second-order valence-electron chi connectivity index (χ2n) is 7.23. The number of amides is 2. The number of likely N-dealkylation sites (tertiary alicyclic amines) is 1. The first-order valence-electron chi connectivity index (χ1n) is 9.35. The number of nitrogens with zero attached hydrogens (tertiary/aromatic N) is 1. The molecule has 146 valence electrons. The summed E-state index contributed by atoms with van der Waals surface area (Å²) >= 11 is 0. The summed E-state index contributed by atoms with van der Waals surface area (Å²) in [5.41, 5.74) is 1.70. The van der Waals surface area contributed by atoms with Crippen molar-refractivity contribution < 1.29 is 13.2 Å². The van der Waals surface area contributed by atoms with Gasteiger partial charge in [0.05, 0.1) is 5.75 Å². The number of hydrogen-bond donors (Lipinski definition) is 2. The fourth-order valence-corrected chi connectivity index (χ4v) is 4.07. The first kappa shape index (κ1) is 20.7. The topological polar surface area (TPSA) is 78.5 Å². The van der Waals surface area contributed by atoms with E-state index in [1.165, 1.54) is 32.1 Å². The van der Waals surface area contributed by atoms with Crippen LogP contribution in [0.5, 0.6) is 0 Å². The molecule has 0 spiro atoms. The lowest BCUT2D eigenvalue weighted by atomic mass is 10.0. The molecule has 7 heteroatoms. The molecule has 1 aromatic carbocycles. The maximum Gasteiger partial charge on any atom is 0.315 e. The van der Waals surface area contributed by atoms with Crippen LogP contribution in [-0.2, 0) is 22.1 Å². The van der Waals surface area contributed by atoms with Crippen LogP contribution in [0.25, 0.3) is 0 Å². The Morgan fingerprint density at radius 2 is 1.85 bits per heavy atom. The average Bonchev–Trinajstić information content (AvgIpc) is 2.58. The predicted octanol–water partition coefficient (Wildman–Crippen LogP) is 2.29. The third-order valence-electron chi connectivity index (χ3n) is 4.75. The van der Waals surface area contributed by atoms with Crippen molar-refractivity contribution in [1.29, 1.82) is 0 Å². The maximum absolute atomic E-state index is 11.9. The number of hydrogen-bond acceptors (Lipinski definition) is 4. The van der Waals surface area contributed by atoms with Gasteiger partial charge in [0.25, 0.3) is 0 Å². The highest BCUT2D eigenvalue weighted by atomic mass is 32.2. The number of piperidine rings is 1. The zero-order valence-corrected chi connectivity index (χ0v) is 16.6. The largest absolute Gasteiger partial charge is 0.338 e. The quantitative estimate of drug-likeness (QED) is 0.677. The van der Waals surface area contributed by atoms with Crippen LogP contribution < -0.4 is 10.6 Å². The summed E-state index contributed by atoms with van der Waals surface area (Å²) in [4.78, 5) is 14.4. The minimum atomic E-state index is -3.02. The second kappa shape index (κ2) is 9.92. The Bertz CT molecular complexity index is 674. The van der Waals surface area contributed by atoms with E-state index in [4.69, 9.17) is 0 Å². The Hall–Kier alpha value is -1.60. The SMILES string of the molecule is CC1CCCCN1CCCNC(=O)NCc1ccc(CS(C)(=O)=O)cc1. The third-order valence-corrected chi connectivity index (χ3v) is 5.61. The van der Waals surface area contributed by atoms with E-state index in [9.17, 15) is 13.2 Å². The second-order valence-corrected chi connectivity index (χ2v) is 9.37. The molecule has 0 aromatic heterocycles. The number of nitrogens with one attached hydrogen (secondary N) is 2. The van der Waals surface area contributed by atoms with Crippen molar-refractivity contribution >= 4 is 15.9 Å². The molecule has 2 N–H and O–H groups in total. The normalized spacial score (nSPS) is 18.5. The molecule has 0 bridgehead atoms. The fraction of sp³-hybridized carbons (Fsp3) is 0.632. The number of carbonyl (C=O) groups excluding carboxylic acids is 1. The molecule has 26 heavy (non-hydrogen) atoms. The van der Waals surface area contributed by atoms with Gasteiger partial charge in [0.15, 0.2) is 9.84 Å². The van der Waals surface area contributed by atoms with E-state index in [0.717, 1.165) is 24.1 Å². The van der Waals surface area contributed by atoms with Crippen LogP contribution in [0, 0.1) is 0 Å². The molecule has 1 aliphatic heterocycles. The van der Waals surface area contributed by atoms with Gasteiger partial charge in [0.1, 0.15) is 0 Å². The molecule has 1 aromatic rings. The van der Waals surface area contributed by atoms with Crippen LogP contribution in [0.15, 0.2) is 24.3 Å². The first-order chi connectivity index (χ1) is 12.3. The number of sulfone groups is 1. The molecule has 0 radical (unpaired) electrons. The molecular weight excluding hydrogens is 350 g/mol. The van der Waals surface area contributed by atoms with Gasteiger partial charge in [0.2, 0.25) is 0 Å². The van der Waals surface area contributed by atoms with Crippen molar-refractivity contribution in [3.05, 3.63) is 35.4 Å². The van der Waals surface area contributed by atoms with Crippen molar-refractivity contribution in [2.75, 3.05) is 25.9 Å². The van der Waals surface area contributed by atoms with Crippen LogP contribution in [0.2, 0.25) is 0 Å². The van der Waals surface area contributed by atoms with Crippen molar-refractivity contribution in [3.8, 4) is 0 Å². The summed E-state index contributed by atoms with van der Waals surface area (Å²) in [6.45, 7) is 5.57. The van der Waals surface area contributed by atoms with E-state index in [0.29, 0.717) is 19.1 Å². The van der Waals surface area contributed by atoms with Gasteiger partial charge in [0, 0.05) is 31.9 Å². The van der Waals surface area contributed by atoms with E-state index in [-0.39, 0.29) is 11.8 Å². The number of benzene rings is 1. The molecule has 1 fully saturated rings. The Morgan fingerprint density at radius 1 is 1.15 bits per heavy atom. The standard InChI is InChI=1S/C19H31N3O3S/c1-16-6-3-4-12-22(16)13-5-11-20-19(23)21-14-17-7-9-18(10-8-17)15-26(2,24)25/h7-10,16H,3-6,11-15H2,1-2H3,(H2,20,21,23). The molecule has 2 amide bonds. The molecule has 1 aliphatic rings. The molecule has 1 saturated heterocycles. The van der Waals surface area contributed by atoms with Gasteiger partial charge in [-0.25, -0.2) is 13.2 Å². The molecule has 0 saturated carbocycles. The minimum Gasteiger partial charge on any atom is -0.338 e. The maximum atomic E-state index is 11.9. The van der Waals surface area contributed by atoms with Gasteiger partial charge < -0.3 is 15.5 Å². The Morgan fingerprint density at radius 3 is 2.50 bits per heavy atom. The fourth-order valence-electron chi connectivity index (χ4n) is 3.27. The molecule has 1 atom stereocenters. The van der Waals surface area contributed by atoms with Crippen molar-refractivity contribution in [3.63, 3.8) is 0 Å². The summed E-state index contributed by atoms with van der Waals surface area (Å²) in [7, 11) is -3.02. The van der Waals surface area contributed by atoms with Crippen LogP contribution in [0.3, 0.4) is 0 Å². The number of rotatable bonds is 8. The van der Waals surface area contributed by atoms with Gasteiger partial charge in [-0.05, 0) is 43.9 Å². The summed E-state index contributed by atoms with van der Waals surface area (Å²) in [5.74, 6) is 0.0385. The molecule has 1 heterocycles. The van der Waals surface area contributed by atoms with E-state index >= 15 is 0 Å². The lowest BCUT2D eigenvalue weighted by molar-refractivity contribution is 0.159. The van der Waals surface area contributed by atoms with Crippen LogP contribution in [-0.4, -0.2) is 51.3 Å². The highest BCUT2D eigenvalue weighted by Crippen LogP contribution is 2.16. The van der Waals surface area contributed by atoms with Gasteiger partial charge >= 0.3 is 6.03 Å². The molecule has 1 unspecified atom stereocenters. The van der Waals surface area contributed by atoms with Crippen LogP contribution >= 0.6 is 0 Å². The minimum absolute atomic E-state index is 0.0385. The van der Waals surface area contributed by atoms with Crippen molar-refractivity contribution in [1.82, 2.24) is 15.5 Å². The van der Waals surface area contributed by atoms with E-state index in [1.807, 2.05) is 12.1 Å². The summed E-state index contributed by atoms with van der Waals surface area (Å²) in [6, 6.07) is 7.75. The third kappa shape index (κ3) is 7.74. The van der Waals surface area contributed by atoms with E-state index < -0.39 is 9.84 Å². The first-order valence-corrected chi connectivity index (χ1v) is 11.4. The van der Waals surface area contributed by atoms with Crippen LogP contribution in [0.1, 0.15) is 43.7 Å². The summed E-state index contributed by atoms with van der Waals surface area (Å²) < 4.78 is 22.6. The van der Waals surface area contributed by atoms with Gasteiger partial charge in [-0.3, -0.25) is 0 Å². The molecule has 0 aliphatic carbocycles. The predicted molar refractivity (Wildman–Crippen MR) is 105 cm³/mol. The molecule has 6 nitrogen and oxygen atoms in total. The number of carbonyl (C=O) groups is 1. The van der Waals surface area contributed by atoms with E-state index in [1.54, 1.807) is 12.1 Å². The average molecular weight is 382 g/mol. The molecule has 2 rings (SSSR count). The lowest BCUT2D eigenvalue weighted by Gasteiger charge is -2.33. The van der Waals surface area contributed by atoms with E-state index in [2.05, 4.69) is 22.5 Å². The molecular formula is C19H31N3O3S. The summed E-state index contributed by atoms with van der Waals surface area (Å²) in [5, 5.41) is 5.73. The Balaban J connectivity index is 1.62. The van der Waals surface area contributed by atoms with Gasteiger partial charge in [-0.15, -0.1) is 0 Å². The smallest absolute Gasteiger partial charge is 0.315 e. The zero-order valence-electron chi connectivity index (χ0n) is 15.8. The Kier molecular flexibility index (Phi) is 7.90. The van der Waals surface area contributed by atoms with Crippen LogP contribution in [0.4, 0.5) is 4.79 Å². The van der Waals surface area contributed by atoms with Gasteiger partial charge in [-0.2, -0.15) is 0 Å². The highest BCUT2D eigenvalue weighted by molar-refractivity contribution is 7.89. The van der Waals surface area contributed by atoms with Crippen molar-refractivity contribution in [2.24, 2.45) is 0 Å².